The van der Waals surface area contributed by atoms with Crippen LogP contribution in [0.25, 0.3) is 0 Å². The molecule has 0 saturated heterocycles. The van der Waals surface area contributed by atoms with Crippen LogP contribution in [0.15, 0.2) is 33.9 Å². The van der Waals surface area contributed by atoms with Gasteiger partial charge in [0.1, 0.15) is 6.61 Å². The summed E-state index contributed by atoms with van der Waals surface area (Å²) in [6.45, 7) is 2.72. The molecule has 0 bridgehead atoms. The Labute approximate surface area is 86.7 Å². The maximum Gasteiger partial charge on any atom is 0.116 e. The number of benzene rings is 1. The van der Waals surface area contributed by atoms with E-state index in [0.29, 0.717) is 6.61 Å². The minimum absolute atomic E-state index is 0.671. The lowest BCUT2D eigenvalue weighted by molar-refractivity contribution is 0.146. The molecule has 0 fully saturated rings. The molecule has 0 heterocycles. The largest absolute Gasteiger partial charge is 0.396 e. The summed E-state index contributed by atoms with van der Waals surface area (Å²) in [5, 5.41) is 3.83. The first-order chi connectivity index (χ1) is 6.33. The molecular weight excluding hydrogens is 230 g/mol. The highest BCUT2D eigenvalue weighted by Gasteiger charge is 1.88. The van der Waals surface area contributed by atoms with Gasteiger partial charge < -0.3 is 4.84 Å². The maximum absolute atomic E-state index is 4.98. The van der Waals surface area contributed by atoms with E-state index in [2.05, 4.69) is 28.0 Å². The quantitative estimate of drug-likeness (QED) is 0.451. The lowest BCUT2D eigenvalue weighted by Gasteiger charge is -1.95. The number of nitrogens with zero attached hydrogens (tertiary/aromatic N) is 1. The second kappa shape index (κ2) is 5.75. The van der Waals surface area contributed by atoms with Crippen LogP contribution in [0.5, 0.6) is 0 Å². The summed E-state index contributed by atoms with van der Waals surface area (Å²) in [4.78, 5) is 4.98. The first-order valence-corrected chi connectivity index (χ1v) is 5.03. The van der Waals surface area contributed by atoms with E-state index in [4.69, 9.17) is 4.84 Å². The van der Waals surface area contributed by atoms with E-state index in [0.717, 1.165) is 16.5 Å². The van der Waals surface area contributed by atoms with Crippen LogP contribution in [0.3, 0.4) is 0 Å². The molecule has 1 aromatic carbocycles. The van der Waals surface area contributed by atoms with Crippen LogP contribution in [0.4, 0.5) is 0 Å². The summed E-state index contributed by atoms with van der Waals surface area (Å²) in [5.74, 6) is 0. The number of halogens is 1. The molecule has 0 spiro atoms. The number of rotatable bonds is 4. The second-order valence-corrected chi connectivity index (χ2v) is 3.54. The lowest BCUT2D eigenvalue weighted by atomic mass is 10.2. The van der Waals surface area contributed by atoms with Crippen LogP contribution >= 0.6 is 15.9 Å². The summed E-state index contributed by atoms with van der Waals surface area (Å²) in [5.41, 5.74) is 1.03. The van der Waals surface area contributed by atoms with E-state index in [-0.39, 0.29) is 0 Å². The fraction of sp³-hybridized carbons (Fsp3) is 0.300. The molecule has 0 saturated carbocycles. The van der Waals surface area contributed by atoms with Crippen LogP contribution in [-0.2, 0) is 4.84 Å². The van der Waals surface area contributed by atoms with Gasteiger partial charge in [-0.25, -0.2) is 0 Å². The SMILES string of the molecule is CCCON=Cc1cccc(Br)c1. The van der Waals surface area contributed by atoms with E-state index < -0.39 is 0 Å². The average molecular weight is 242 g/mol. The molecule has 1 rings (SSSR count). The Bertz CT molecular complexity index is 286. The second-order valence-electron chi connectivity index (χ2n) is 2.62. The van der Waals surface area contributed by atoms with Crippen molar-refractivity contribution in [2.24, 2.45) is 5.16 Å². The fourth-order valence-corrected chi connectivity index (χ4v) is 1.25. The van der Waals surface area contributed by atoms with Crippen LogP contribution in [0.2, 0.25) is 0 Å². The third-order valence-corrected chi connectivity index (χ3v) is 1.91. The third kappa shape index (κ3) is 4.08. The van der Waals surface area contributed by atoms with Crippen molar-refractivity contribution in [2.45, 2.75) is 13.3 Å². The van der Waals surface area contributed by atoms with Gasteiger partial charge in [-0.1, -0.05) is 40.1 Å². The highest BCUT2D eigenvalue weighted by molar-refractivity contribution is 9.10. The summed E-state index contributed by atoms with van der Waals surface area (Å²) in [7, 11) is 0. The minimum atomic E-state index is 0.671. The molecule has 0 amide bonds. The highest BCUT2D eigenvalue weighted by Crippen LogP contribution is 2.09. The fourth-order valence-electron chi connectivity index (χ4n) is 0.829. The van der Waals surface area contributed by atoms with Crippen LogP contribution in [0.1, 0.15) is 18.9 Å². The Kier molecular flexibility index (Phi) is 4.54. The summed E-state index contributed by atoms with van der Waals surface area (Å²) in [6, 6.07) is 7.90. The van der Waals surface area contributed by atoms with Crippen molar-refractivity contribution in [1.29, 1.82) is 0 Å². The normalized spacial score (nSPS) is 10.6. The Morgan fingerprint density at radius 1 is 1.54 bits per heavy atom. The van der Waals surface area contributed by atoms with E-state index in [9.17, 15) is 0 Å². The van der Waals surface area contributed by atoms with Crippen molar-refractivity contribution >= 4 is 22.1 Å². The Morgan fingerprint density at radius 2 is 2.38 bits per heavy atom. The van der Waals surface area contributed by atoms with Crippen molar-refractivity contribution in [3.05, 3.63) is 34.3 Å². The van der Waals surface area contributed by atoms with Crippen molar-refractivity contribution in [3.63, 3.8) is 0 Å². The van der Waals surface area contributed by atoms with Gasteiger partial charge in [-0.3, -0.25) is 0 Å². The van der Waals surface area contributed by atoms with E-state index >= 15 is 0 Å². The van der Waals surface area contributed by atoms with Gasteiger partial charge in [0, 0.05) is 4.47 Å². The first-order valence-electron chi connectivity index (χ1n) is 4.24. The number of hydrogen-bond donors (Lipinski definition) is 0. The van der Waals surface area contributed by atoms with Gasteiger partial charge in [0.05, 0.1) is 6.21 Å². The predicted molar refractivity (Wildman–Crippen MR) is 58.0 cm³/mol. The molecule has 0 atom stereocenters. The Hall–Kier alpha value is -0.830. The zero-order chi connectivity index (χ0) is 9.52. The minimum Gasteiger partial charge on any atom is -0.396 e. The van der Waals surface area contributed by atoms with E-state index in [1.807, 2.05) is 24.3 Å². The average Bonchev–Trinajstić information content (AvgIpc) is 2.13. The zero-order valence-corrected chi connectivity index (χ0v) is 9.12. The zero-order valence-electron chi connectivity index (χ0n) is 7.53. The van der Waals surface area contributed by atoms with Gasteiger partial charge in [-0.2, -0.15) is 0 Å². The van der Waals surface area contributed by atoms with Gasteiger partial charge in [0.2, 0.25) is 0 Å². The Morgan fingerprint density at radius 3 is 3.08 bits per heavy atom. The predicted octanol–water partition coefficient (Wildman–Crippen LogP) is 3.21. The molecule has 0 radical (unpaired) electrons. The van der Waals surface area contributed by atoms with Crippen molar-refractivity contribution < 1.29 is 4.84 Å². The van der Waals surface area contributed by atoms with Gasteiger partial charge in [-0.15, -0.1) is 0 Å². The van der Waals surface area contributed by atoms with Gasteiger partial charge in [0.25, 0.3) is 0 Å². The van der Waals surface area contributed by atoms with Crippen LogP contribution in [0, 0.1) is 0 Å². The molecule has 0 aromatic heterocycles. The molecule has 13 heavy (non-hydrogen) atoms. The molecule has 2 nitrogen and oxygen atoms in total. The highest BCUT2D eigenvalue weighted by atomic mass is 79.9. The first kappa shape index (κ1) is 10.3. The smallest absolute Gasteiger partial charge is 0.116 e. The summed E-state index contributed by atoms with van der Waals surface area (Å²) < 4.78 is 1.05. The van der Waals surface area contributed by atoms with Crippen molar-refractivity contribution in [2.75, 3.05) is 6.61 Å². The third-order valence-electron chi connectivity index (χ3n) is 1.42. The molecule has 0 aliphatic rings. The molecule has 0 aliphatic heterocycles. The molecule has 3 heteroatoms. The maximum atomic E-state index is 4.98. The van der Waals surface area contributed by atoms with Gasteiger partial charge >= 0.3 is 0 Å². The standard InChI is InChI=1S/C10H12BrNO/c1-2-6-13-12-8-9-4-3-5-10(11)7-9/h3-5,7-8H,2,6H2,1H3. The van der Waals surface area contributed by atoms with Crippen molar-refractivity contribution in [1.82, 2.24) is 0 Å². The monoisotopic (exact) mass is 241 g/mol. The van der Waals surface area contributed by atoms with Gasteiger partial charge in [0.15, 0.2) is 0 Å². The van der Waals surface area contributed by atoms with E-state index in [1.54, 1.807) is 6.21 Å². The van der Waals surface area contributed by atoms with Gasteiger partial charge in [-0.05, 0) is 24.1 Å². The number of hydrogen-bond acceptors (Lipinski definition) is 2. The molecule has 0 aliphatic carbocycles. The number of oxime groups is 1. The summed E-state index contributed by atoms with van der Waals surface area (Å²) >= 11 is 3.38. The van der Waals surface area contributed by atoms with Crippen molar-refractivity contribution in [3.8, 4) is 0 Å². The van der Waals surface area contributed by atoms with E-state index in [1.165, 1.54) is 0 Å². The lowest BCUT2D eigenvalue weighted by Crippen LogP contribution is -1.86. The van der Waals surface area contributed by atoms with Crippen LogP contribution < -0.4 is 0 Å². The molecule has 0 N–H and O–H groups in total. The molecule has 0 unspecified atom stereocenters. The topological polar surface area (TPSA) is 21.6 Å². The molecule has 70 valence electrons. The Balaban J connectivity index is 2.48. The van der Waals surface area contributed by atoms with Crippen LogP contribution in [-0.4, -0.2) is 12.8 Å². The summed E-state index contributed by atoms with van der Waals surface area (Å²) in [6.07, 6.45) is 2.69. The molecular formula is C10H12BrNO. The molecule has 1 aromatic rings.